The van der Waals surface area contributed by atoms with E-state index >= 15 is 0 Å². The first-order valence-electron chi connectivity index (χ1n) is 10.9. The van der Waals surface area contributed by atoms with Crippen LogP contribution in [0.3, 0.4) is 0 Å². The molecule has 1 N–H and O–H groups in total. The number of aromatic nitrogens is 3. The van der Waals surface area contributed by atoms with Gasteiger partial charge in [-0.2, -0.15) is 0 Å². The van der Waals surface area contributed by atoms with E-state index < -0.39 is 0 Å². The van der Waals surface area contributed by atoms with Gasteiger partial charge in [0.1, 0.15) is 22.8 Å². The van der Waals surface area contributed by atoms with Gasteiger partial charge in [0.15, 0.2) is 0 Å². The Morgan fingerprint density at radius 1 is 1.32 bits per heavy atom. The summed E-state index contributed by atoms with van der Waals surface area (Å²) in [6.45, 7) is 7.68. The summed E-state index contributed by atoms with van der Waals surface area (Å²) in [5.41, 5.74) is 3.52. The molecule has 0 unspecified atom stereocenters. The van der Waals surface area contributed by atoms with Crippen molar-refractivity contribution < 1.29 is 4.79 Å². The lowest BCUT2D eigenvalue weighted by atomic mass is 9.86. The predicted molar refractivity (Wildman–Crippen MR) is 124 cm³/mol. The molecular formula is C23H26N6OS. The van der Waals surface area contributed by atoms with Gasteiger partial charge in [0.05, 0.1) is 11.9 Å². The first-order chi connectivity index (χ1) is 15.0. The molecule has 1 atom stereocenters. The number of carbonyl (C=O) groups excluding carboxylic acids is 1. The Hall–Kier alpha value is -2.87. The van der Waals surface area contributed by atoms with Crippen molar-refractivity contribution in [3.05, 3.63) is 40.2 Å². The lowest BCUT2D eigenvalue weighted by Gasteiger charge is -2.31. The number of hydrogen-bond acceptors (Lipinski definition) is 7. The summed E-state index contributed by atoms with van der Waals surface area (Å²) >= 11 is 1.69. The SMILES string of the molecule is CCN(C(=O)[C@H]1CCc2c(sc3ncnc(Nc4cc5c(cn4)CN=C5)c23)C1)C(C)C. The number of anilines is 2. The summed E-state index contributed by atoms with van der Waals surface area (Å²) in [6, 6.07) is 2.24. The fourth-order valence-corrected chi connectivity index (χ4v) is 5.88. The van der Waals surface area contributed by atoms with E-state index in [1.54, 1.807) is 17.7 Å². The molecule has 0 aromatic carbocycles. The third kappa shape index (κ3) is 3.59. The molecule has 0 spiro atoms. The Labute approximate surface area is 185 Å². The van der Waals surface area contributed by atoms with Crippen LogP contribution in [-0.4, -0.2) is 44.6 Å². The van der Waals surface area contributed by atoms with E-state index in [4.69, 9.17) is 0 Å². The standard InChI is InChI=1S/C23H26N6OS/c1-4-29(13(2)3)23(30)14-5-6-17-18(7-14)31-22-20(17)21(26-12-27-22)28-19-8-15-9-24-10-16(15)11-25-19/h8-9,11-14H,4-7,10H2,1-3H3,(H,25,26,27,28)/t14-/m0/s1. The molecule has 4 heterocycles. The minimum absolute atomic E-state index is 0.0462. The Bertz CT molecular complexity index is 1180. The third-order valence-electron chi connectivity index (χ3n) is 6.20. The largest absolute Gasteiger partial charge is 0.340 e. The Morgan fingerprint density at radius 3 is 3.00 bits per heavy atom. The molecule has 1 amide bonds. The van der Waals surface area contributed by atoms with E-state index in [1.165, 1.54) is 10.4 Å². The molecule has 0 saturated heterocycles. The molecule has 0 fully saturated rings. The summed E-state index contributed by atoms with van der Waals surface area (Å²) < 4.78 is 0. The van der Waals surface area contributed by atoms with Crippen molar-refractivity contribution in [3.8, 4) is 0 Å². The van der Waals surface area contributed by atoms with Crippen molar-refractivity contribution in [1.29, 1.82) is 0 Å². The highest BCUT2D eigenvalue weighted by Gasteiger charge is 2.32. The van der Waals surface area contributed by atoms with Crippen LogP contribution in [0.25, 0.3) is 10.2 Å². The average Bonchev–Trinajstić information content (AvgIpc) is 3.37. The molecular weight excluding hydrogens is 408 g/mol. The monoisotopic (exact) mass is 434 g/mol. The predicted octanol–water partition coefficient (Wildman–Crippen LogP) is 4.12. The van der Waals surface area contributed by atoms with Crippen LogP contribution < -0.4 is 5.32 Å². The van der Waals surface area contributed by atoms with Gasteiger partial charge in [0.25, 0.3) is 0 Å². The minimum Gasteiger partial charge on any atom is -0.340 e. The van der Waals surface area contributed by atoms with E-state index in [2.05, 4.69) is 46.0 Å². The molecule has 8 heteroatoms. The Balaban J connectivity index is 1.45. The molecule has 0 radical (unpaired) electrons. The van der Waals surface area contributed by atoms with Crippen LogP contribution in [0.5, 0.6) is 0 Å². The average molecular weight is 435 g/mol. The normalized spacial score (nSPS) is 17.1. The van der Waals surface area contributed by atoms with E-state index in [9.17, 15) is 4.79 Å². The van der Waals surface area contributed by atoms with Crippen LogP contribution in [0.15, 0.2) is 23.6 Å². The number of amides is 1. The fraction of sp³-hybridized carbons (Fsp3) is 0.435. The molecule has 0 saturated carbocycles. The number of rotatable bonds is 5. The maximum absolute atomic E-state index is 13.1. The zero-order valence-electron chi connectivity index (χ0n) is 18.1. The summed E-state index contributed by atoms with van der Waals surface area (Å²) in [7, 11) is 0. The first kappa shape index (κ1) is 20.1. The number of nitrogens with zero attached hydrogens (tertiary/aromatic N) is 5. The molecule has 160 valence electrons. The van der Waals surface area contributed by atoms with E-state index in [0.717, 1.165) is 58.8 Å². The highest BCUT2D eigenvalue weighted by molar-refractivity contribution is 7.19. The van der Waals surface area contributed by atoms with Crippen molar-refractivity contribution >= 4 is 45.3 Å². The highest BCUT2D eigenvalue weighted by Crippen LogP contribution is 2.40. The zero-order chi connectivity index (χ0) is 21.5. The van der Waals surface area contributed by atoms with E-state index in [0.29, 0.717) is 6.54 Å². The topological polar surface area (TPSA) is 83.4 Å². The first-order valence-corrected chi connectivity index (χ1v) is 11.7. The third-order valence-corrected chi connectivity index (χ3v) is 7.36. The molecule has 1 aliphatic heterocycles. The van der Waals surface area contributed by atoms with Crippen molar-refractivity contribution in [2.75, 3.05) is 11.9 Å². The number of hydrogen-bond donors (Lipinski definition) is 1. The smallest absolute Gasteiger partial charge is 0.226 e. The Morgan fingerprint density at radius 2 is 2.19 bits per heavy atom. The number of fused-ring (bicyclic) bond motifs is 4. The second kappa shape index (κ2) is 8.00. The highest BCUT2D eigenvalue weighted by atomic mass is 32.1. The maximum Gasteiger partial charge on any atom is 0.226 e. The lowest BCUT2D eigenvalue weighted by Crippen LogP contribution is -2.42. The molecule has 5 rings (SSSR count). The van der Waals surface area contributed by atoms with E-state index in [-0.39, 0.29) is 17.9 Å². The number of pyridine rings is 1. The second-order valence-corrected chi connectivity index (χ2v) is 9.51. The molecule has 0 bridgehead atoms. The van der Waals surface area contributed by atoms with Gasteiger partial charge >= 0.3 is 0 Å². The van der Waals surface area contributed by atoms with Crippen LogP contribution in [-0.2, 0) is 24.2 Å². The van der Waals surface area contributed by atoms with Gasteiger partial charge in [-0.3, -0.25) is 9.79 Å². The molecule has 3 aromatic rings. The van der Waals surface area contributed by atoms with Crippen LogP contribution >= 0.6 is 11.3 Å². The maximum atomic E-state index is 13.1. The summed E-state index contributed by atoms with van der Waals surface area (Å²) in [4.78, 5) is 35.2. The van der Waals surface area contributed by atoms with Gasteiger partial charge in [-0.05, 0) is 51.7 Å². The number of thiophene rings is 1. The van der Waals surface area contributed by atoms with Crippen molar-refractivity contribution in [1.82, 2.24) is 19.9 Å². The van der Waals surface area contributed by atoms with Gasteiger partial charge in [-0.25, -0.2) is 15.0 Å². The van der Waals surface area contributed by atoms with Crippen LogP contribution in [0.4, 0.5) is 11.6 Å². The van der Waals surface area contributed by atoms with Gasteiger partial charge in [0.2, 0.25) is 5.91 Å². The summed E-state index contributed by atoms with van der Waals surface area (Å²) in [6.07, 6.45) is 7.87. The van der Waals surface area contributed by atoms with Crippen LogP contribution in [0, 0.1) is 5.92 Å². The van der Waals surface area contributed by atoms with Gasteiger partial charge in [0, 0.05) is 46.9 Å². The van der Waals surface area contributed by atoms with Crippen LogP contribution in [0.2, 0.25) is 0 Å². The van der Waals surface area contributed by atoms with E-state index in [1.807, 2.05) is 23.4 Å². The zero-order valence-corrected chi connectivity index (χ0v) is 18.9. The molecule has 1 aliphatic carbocycles. The van der Waals surface area contributed by atoms with Crippen molar-refractivity contribution in [3.63, 3.8) is 0 Å². The molecule has 31 heavy (non-hydrogen) atoms. The summed E-state index contributed by atoms with van der Waals surface area (Å²) in [5, 5.41) is 4.47. The van der Waals surface area contributed by atoms with Crippen LogP contribution in [0.1, 0.15) is 48.8 Å². The number of aryl methyl sites for hydroxylation is 1. The Kier molecular flexibility index (Phi) is 5.17. The quantitative estimate of drug-likeness (QED) is 0.653. The number of aliphatic imine (C=N–C) groups is 1. The lowest BCUT2D eigenvalue weighted by molar-refractivity contribution is -0.137. The number of carbonyl (C=O) groups is 1. The fourth-order valence-electron chi connectivity index (χ4n) is 4.61. The molecule has 7 nitrogen and oxygen atoms in total. The molecule has 2 aliphatic rings. The molecule has 3 aromatic heterocycles. The van der Waals surface area contributed by atoms with Crippen molar-refractivity contribution in [2.45, 2.75) is 52.6 Å². The second-order valence-electron chi connectivity index (χ2n) is 8.43. The summed E-state index contributed by atoms with van der Waals surface area (Å²) in [5.74, 6) is 1.86. The van der Waals surface area contributed by atoms with Gasteiger partial charge in [-0.1, -0.05) is 0 Å². The van der Waals surface area contributed by atoms with Gasteiger partial charge in [-0.15, -0.1) is 11.3 Å². The van der Waals surface area contributed by atoms with Crippen molar-refractivity contribution in [2.24, 2.45) is 10.9 Å². The van der Waals surface area contributed by atoms with Gasteiger partial charge < -0.3 is 10.2 Å². The number of nitrogens with one attached hydrogen (secondary N) is 1. The minimum atomic E-state index is 0.0462.